The van der Waals surface area contributed by atoms with Crippen LogP contribution in [0.1, 0.15) is 45.4 Å². The molecule has 0 aromatic carbocycles. The van der Waals surface area contributed by atoms with E-state index >= 15 is 0 Å². The molecule has 4 bridgehead atoms. The van der Waals surface area contributed by atoms with E-state index in [-0.39, 0.29) is 11.5 Å². The predicted molar refractivity (Wildman–Crippen MR) is 79.2 cm³/mol. The van der Waals surface area contributed by atoms with Crippen LogP contribution in [0.25, 0.3) is 0 Å². The molecule has 0 aromatic rings. The molecule has 0 spiro atoms. The van der Waals surface area contributed by atoms with Gasteiger partial charge in [0, 0.05) is 19.6 Å². The van der Waals surface area contributed by atoms with Gasteiger partial charge in [0.2, 0.25) is 5.91 Å². The van der Waals surface area contributed by atoms with Gasteiger partial charge in [-0.3, -0.25) is 4.79 Å². The molecule has 4 nitrogen and oxygen atoms in total. The first kappa shape index (κ1) is 13.6. The molecule has 1 amide bonds. The Morgan fingerprint density at radius 1 is 1.29 bits per heavy atom. The molecular weight excluding hydrogens is 262 g/mol. The zero-order chi connectivity index (χ0) is 14.7. The van der Waals surface area contributed by atoms with Crippen molar-refractivity contribution in [2.45, 2.75) is 51.5 Å². The lowest BCUT2D eigenvalue weighted by atomic mass is 9.44. The van der Waals surface area contributed by atoms with Crippen LogP contribution < -0.4 is 5.32 Å². The number of hydrogen-bond acceptors (Lipinski definition) is 3. The summed E-state index contributed by atoms with van der Waals surface area (Å²) in [5.41, 5.74) is 0.251. The fourth-order valence-corrected chi connectivity index (χ4v) is 6.34. The van der Waals surface area contributed by atoms with Crippen LogP contribution >= 0.6 is 0 Å². The van der Waals surface area contributed by atoms with Gasteiger partial charge in [-0.1, -0.05) is 6.92 Å². The molecule has 5 rings (SSSR count). The van der Waals surface area contributed by atoms with Gasteiger partial charge in [-0.25, -0.2) is 0 Å². The Morgan fingerprint density at radius 3 is 2.62 bits per heavy atom. The number of nitrogens with zero attached hydrogens (tertiary/aromatic N) is 2. The molecule has 1 saturated heterocycles. The van der Waals surface area contributed by atoms with Crippen molar-refractivity contribution < 1.29 is 4.79 Å². The van der Waals surface area contributed by atoms with E-state index in [0.29, 0.717) is 24.4 Å². The SMILES string of the molecule is CC12CC3CC(C1)CC(C(=O)N1CCNCC1C#N)(C3)C2. The number of carbonyl (C=O) groups excluding carboxylic acids is 1. The van der Waals surface area contributed by atoms with E-state index < -0.39 is 0 Å². The molecule has 114 valence electrons. The summed E-state index contributed by atoms with van der Waals surface area (Å²) < 4.78 is 0. The van der Waals surface area contributed by atoms with Crippen LogP contribution in [-0.2, 0) is 4.79 Å². The number of nitrogens with one attached hydrogen (secondary N) is 1. The Balaban J connectivity index is 1.63. The highest BCUT2D eigenvalue weighted by molar-refractivity contribution is 5.84. The predicted octanol–water partition coefficient (Wildman–Crippen LogP) is 1.92. The van der Waals surface area contributed by atoms with E-state index in [0.717, 1.165) is 37.6 Å². The third-order valence-corrected chi connectivity index (χ3v) is 6.46. The highest BCUT2D eigenvalue weighted by Gasteiger charge is 2.60. The second kappa shape index (κ2) is 4.46. The van der Waals surface area contributed by atoms with Crippen molar-refractivity contribution in [2.24, 2.45) is 22.7 Å². The molecule has 4 saturated carbocycles. The molecule has 1 heterocycles. The van der Waals surface area contributed by atoms with E-state index in [1.807, 2.05) is 4.90 Å². The average molecular weight is 287 g/mol. The number of hydrogen-bond donors (Lipinski definition) is 1. The third-order valence-electron chi connectivity index (χ3n) is 6.46. The van der Waals surface area contributed by atoms with Gasteiger partial charge in [0.25, 0.3) is 0 Å². The van der Waals surface area contributed by atoms with Crippen molar-refractivity contribution in [3.8, 4) is 6.07 Å². The first-order valence-electron chi connectivity index (χ1n) is 8.45. The lowest BCUT2D eigenvalue weighted by Crippen LogP contribution is -2.62. The van der Waals surface area contributed by atoms with E-state index in [1.165, 1.54) is 19.3 Å². The zero-order valence-corrected chi connectivity index (χ0v) is 12.9. The molecule has 21 heavy (non-hydrogen) atoms. The van der Waals surface area contributed by atoms with Gasteiger partial charge in [-0.15, -0.1) is 0 Å². The summed E-state index contributed by atoms with van der Waals surface area (Å²) in [6.45, 7) is 4.55. The Bertz CT molecular complexity index is 495. The lowest BCUT2D eigenvalue weighted by Gasteiger charge is -2.61. The molecule has 5 aliphatic rings. The van der Waals surface area contributed by atoms with Gasteiger partial charge in [0.1, 0.15) is 6.04 Å². The number of amides is 1. The molecule has 5 fully saturated rings. The topological polar surface area (TPSA) is 56.1 Å². The first-order valence-corrected chi connectivity index (χ1v) is 8.45. The quantitative estimate of drug-likeness (QED) is 0.801. The van der Waals surface area contributed by atoms with Crippen LogP contribution in [0.15, 0.2) is 0 Å². The maximum Gasteiger partial charge on any atom is 0.229 e. The summed E-state index contributed by atoms with van der Waals surface area (Å²) in [4.78, 5) is 15.2. The first-order chi connectivity index (χ1) is 10.0. The molecular formula is C17H25N3O. The van der Waals surface area contributed by atoms with Crippen LogP contribution in [0.4, 0.5) is 0 Å². The smallest absolute Gasteiger partial charge is 0.229 e. The molecule has 3 atom stereocenters. The summed E-state index contributed by atoms with van der Waals surface area (Å²) in [7, 11) is 0. The minimum absolute atomic E-state index is 0.134. The van der Waals surface area contributed by atoms with Crippen LogP contribution in [0, 0.1) is 34.0 Å². The van der Waals surface area contributed by atoms with E-state index in [1.54, 1.807) is 0 Å². The van der Waals surface area contributed by atoms with Gasteiger partial charge in [0.15, 0.2) is 0 Å². The zero-order valence-electron chi connectivity index (χ0n) is 12.9. The van der Waals surface area contributed by atoms with Crippen LogP contribution in [-0.4, -0.2) is 36.5 Å². The Hall–Kier alpha value is -1.08. The van der Waals surface area contributed by atoms with Crippen molar-refractivity contribution in [3.63, 3.8) is 0 Å². The molecule has 1 aliphatic heterocycles. The molecule has 4 aliphatic carbocycles. The van der Waals surface area contributed by atoms with Crippen molar-refractivity contribution in [3.05, 3.63) is 0 Å². The fourth-order valence-electron chi connectivity index (χ4n) is 6.34. The molecule has 4 heteroatoms. The largest absolute Gasteiger partial charge is 0.324 e. The maximum atomic E-state index is 13.3. The summed E-state index contributed by atoms with van der Waals surface area (Å²) >= 11 is 0. The van der Waals surface area contributed by atoms with Gasteiger partial charge < -0.3 is 10.2 Å². The van der Waals surface area contributed by atoms with Crippen molar-refractivity contribution >= 4 is 5.91 Å². The number of piperazine rings is 1. The standard InChI is InChI=1S/C17H25N3O/c1-16-5-12-4-13(6-16)8-17(7-12,11-16)15(21)20-3-2-19-10-14(20)9-18/h12-14,19H,2-8,10-11H2,1H3. The van der Waals surface area contributed by atoms with Crippen LogP contribution in [0.2, 0.25) is 0 Å². The highest BCUT2D eigenvalue weighted by Crippen LogP contribution is 2.65. The maximum absolute atomic E-state index is 13.3. The summed E-state index contributed by atoms with van der Waals surface area (Å²) in [6.07, 6.45) is 7.21. The Kier molecular flexibility index (Phi) is 2.88. The molecule has 1 N–H and O–H groups in total. The van der Waals surface area contributed by atoms with Crippen LogP contribution in [0.3, 0.4) is 0 Å². The van der Waals surface area contributed by atoms with Gasteiger partial charge in [0.05, 0.1) is 11.5 Å². The van der Waals surface area contributed by atoms with E-state index in [4.69, 9.17) is 0 Å². The Morgan fingerprint density at radius 2 is 2.00 bits per heavy atom. The minimum Gasteiger partial charge on any atom is -0.324 e. The Labute approximate surface area is 126 Å². The van der Waals surface area contributed by atoms with Crippen molar-refractivity contribution in [1.82, 2.24) is 10.2 Å². The molecule has 3 unspecified atom stereocenters. The fraction of sp³-hybridized carbons (Fsp3) is 0.882. The summed E-state index contributed by atoms with van der Waals surface area (Å²) in [6, 6.07) is 2.05. The van der Waals surface area contributed by atoms with Gasteiger partial charge in [-0.2, -0.15) is 5.26 Å². The van der Waals surface area contributed by atoms with Crippen molar-refractivity contribution in [1.29, 1.82) is 5.26 Å². The molecule has 0 aromatic heterocycles. The van der Waals surface area contributed by atoms with E-state index in [2.05, 4.69) is 18.3 Å². The van der Waals surface area contributed by atoms with Gasteiger partial charge >= 0.3 is 0 Å². The van der Waals surface area contributed by atoms with Crippen molar-refractivity contribution in [2.75, 3.05) is 19.6 Å². The molecule has 0 radical (unpaired) electrons. The minimum atomic E-state index is -0.271. The summed E-state index contributed by atoms with van der Waals surface area (Å²) in [5, 5.41) is 12.6. The number of nitriles is 1. The second-order valence-electron chi connectivity index (χ2n) is 8.40. The summed E-state index contributed by atoms with van der Waals surface area (Å²) in [5.74, 6) is 1.81. The monoisotopic (exact) mass is 287 g/mol. The van der Waals surface area contributed by atoms with E-state index in [9.17, 15) is 10.1 Å². The normalized spacial score (nSPS) is 48.2. The average Bonchev–Trinajstić information content (AvgIpc) is 2.44. The number of carbonyl (C=O) groups is 1. The van der Waals surface area contributed by atoms with Crippen LogP contribution in [0.5, 0.6) is 0 Å². The third kappa shape index (κ3) is 2.01. The second-order valence-corrected chi connectivity index (χ2v) is 8.40. The number of rotatable bonds is 1. The lowest BCUT2D eigenvalue weighted by molar-refractivity contribution is -0.168. The highest BCUT2D eigenvalue weighted by atomic mass is 16.2. The van der Waals surface area contributed by atoms with Gasteiger partial charge in [-0.05, 0) is 55.8 Å².